The lowest BCUT2D eigenvalue weighted by Gasteiger charge is -2.27. The van der Waals surface area contributed by atoms with Crippen molar-refractivity contribution in [2.75, 3.05) is 13.2 Å². The average Bonchev–Trinajstić information content (AvgIpc) is 3.23. The Morgan fingerprint density at radius 3 is 2.83 bits per heavy atom. The van der Waals surface area contributed by atoms with Gasteiger partial charge in [-0.15, -0.1) is 5.10 Å². The van der Waals surface area contributed by atoms with E-state index in [1.165, 1.54) is 44.9 Å². The van der Waals surface area contributed by atoms with Gasteiger partial charge < -0.3 is 15.2 Å². The third kappa shape index (κ3) is 3.75. The number of hydrogen-bond acceptors (Lipinski definition) is 5. The number of rotatable bonds is 6. The average molecular weight is 320 g/mol. The highest BCUT2D eigenvalue weighted by Crippen LogP contribution is 2.38. The quantitative estimate of drug-likeness (QED) is 0.830. The van der Waals surface area contributed by atoms with Gasteiger partial charge in [-0.2, -0.15) is 0 Å². The molecular weight excluding hydrogens is 292 g/mol. The van der Waals surface area contributed by atoms with Crippen LogP contribution < -0.4 is 5.32 Å². The molecule has 2 aliphatic carbocycles. The van der Waals surface area contributed by atoms with Gasteiger partial charge in [-0.05, 0) is 38.1 Å². The Bertz CT molecular complexity index is 510. The minimum Gasteiger partial charge on any atom is -0.389 e. The van der Waals surface area contributed by atoms with Crippen molar-refractivity contribution < 1.29 is 9.84 Å². The number of aliphatic hydroxyl groups is 1. The minimum atomic E-state index is -0.421. The maximum Gasteiger partial charge on any atom is 0.0952 e. The molecule has 23 heavy (non-hydrogen) atoms. The highest BCUT2D eigenvalue weighted by atomic mass is 16.5. The summed E-state index contributed by atoms with van der Waals surface area (Å²) in [6, 6.07) is 0.00509. The molecule has 1 aromatic heterocycles. The molecule has 3 aliphatic rings. The summed E-state index contributed by atoms with van der Waals surface area (Å²) in [6.45, 7) is 2.07. The van der Waals surface area contributed by atoms with Gasteiger partial charge >= 0.3 is 0 Å². The van der Waals surface area contributed by atoms with Crippen LogP contribution >= 0.6 is 0 Å². The van der Waals surface area contributed by atoms with Gasteiger partial charge in [0.1, 0.15) is 0 Å². The fourth-order valence-corrected chi connectivity index (χ4v) is 3.96. The summed E-state index contributed by atoms with van der Waals surface area (Å²) < 4.78 is 7.69. The highest BCUT2D eigenvalue weighted by Gasteiger charge is 2.37. The van der Waals surface area contributed by atoms with E-state index in [0.29, 0.717) is 19.1 Å². The van der Waals surface area contributed by atoms with Gasteiger partial charge in [0.15, 0.2) is 0 Å². The number of hydrogen-bond donors (Lipinski definition) is 2. The van der Waals surface area contributed by atoms with Gasteiger partial charge in [0, 0.05) is 12.1 Å². The lowest BCUT2D eigenvalue weighted by atomic mass is 9.89. The first-order valence-corrected chi connectivity index (χ1v) is 9.22. The van der Waals surface area contributed by atoms with Gasteiger partial charge in [0.25, 0.3) is 0 Å². The molecule has 0 spiro atoms. The Balaban J connectivity index is 1.32. The maximum absolute atomic E-state index is 10.2. The van der Waals surface area contributed by atoms with E-state index in [1.54, 1.807) is 0 Å². The third-order valence-corrected chi connectivity index (χ3v) is 5.58. The molecule has 6 nitrogen and oxygen atoms in total. The van der Waals surface area contributed by atoms with Crippen molar-refractivity contribution in [1.82, 2.24) is 20.3 Å². The van der Waals surface area contributed by atoms with Crippen molar-refractivity contribution in [2.24, 2.45) is 5.92 Å². The van der Waals surface area contributed by atoms with Crippen LogP contribution in [0.1, 0.15) is 56.6 Å². The highest BCUT2D eigenvalue weighted by molar-refractivity contribution is 5.09. The summed E-state index contributed by atoms with van der Waals surface area (Å²) in [5, 5.41) is 22.3. The number of aromatic nitrogens is 3. The molecular formula is C17H28N4O2. The summed E-state index contributed by atoms with van der Waals surface area (Å²) in [4.78, 5) is 0. The van der Waals surface area contributed by atoms with E-state index in [4.69, 9.17) is 4.74 Å². The van der Waals surface area contributed by atoms with Crippen LogP contribution in [0.4, 0.5) is 0 Å². The van der Waals surface area contributed by atoms with E-state index in [-0.39, 0.29) is 12.1 Å². The van der Waals surface area contributed by atoms with Crippen molar-refractivity contribution in [3.05, 3.63) is 11.9 Å². The molecule has 6 heteroatoms. The summed E-state index contributed by atoms with van der Waals surface area (Å²) in [7, 11) is 0. The maximum atomic E-state index is 10.2. The summed E-state index contributed by atoms with van der Waals surface area (Å²) in [5.41, 5.74) is 1.11. The van der Waals surface area contributed by atoms with Crippen LogP contribution in [0, 0.1) is 5.92 Å². The molecule has 1 aromatic rings. The Labute approximate surface area is 137 Å². The van der Waals surface area contributed by atoms with Gasteiger partial charge in [0.2, 0.25) is 0 Å². The van der Waals surface area contributed by atoms with E-state index in [9.17, 15) is 5.11 Å². The topological polar surface area (TPSA) is 72.2 Å². The zero-order valence-electron chi connectivity index (χ0n) is 13.7. The van der Waals surface area contributed by atoms with Crippen LogP contribution in [0.5, 0.6) is 0 Å². The fourth-order valence-electron chi connectivity index (χ4n) is 3.96. The van der Waals surface area contributed by atoms with Crippen molar-refractivity contribution in [3.63, 3.8) is 0 Å². The molecule has 2 heterocycles. The van der Waals surface area contributed by atoms with Gasteiger partial charge in [-0.3, -0.25) is 0 Å². The second-order valence-corrected chi connectivity index (χ2v) is 7.52. The van der Waals surface area contributed by atoms with E-state index in [1.807, 2.05) is 10.9 Å². The Morgan fingerprint density at radius 1 is 1.22 bits per heavy atom. The lowest BCUT2D eigenvalue weighted by Crippen LogP contribution is -2.47. The number of nitrogens with one attached hydrogen (secondary N) is 1. The van der Waals surface area contributed by atoms with Crippen LogP contribution in [0.25, 0.3) is 0 Å². The van der Waals surface area contributed by atoms with Crippen LogP contribution in [-0.4, -0.2) is 51.5 Å². The largest absolute Gasteiger partial charge is 0.389 e. The molecule has 0 radical (unpaired) electrons. The molecule has 2 saturated carbocycles. The number of aliphatic hydroxyl groups excluding tert-OH is 1. The molecule has 0 amide bonds. The molecule has 0 bridgehead atoms. The number of nitrogens with zero attached hydrogens (tertiary/aromatic N) is 3. The van der Waals surface area contributed by atoms with E-state index in [2.05, 4.69) is 15.6 Å². The SMILES string of the molecule is O[C@H]1CO[C@H](Cn2cc(C3CC3)nn2)[C@@H]1NCC1CCCCC1. The van der Waals surface area contributed by atoms with Crippen molar-refractivity contribution in [3.8, 4) is 0 Å². The molecule has 128 valence electrons. The zero-order chi connectivity index (χ0) is 15.6. The molecule has 3 atom stereocenters. The fraction of sp³-hybridized carbons (Fsp3) is 0.882. The van der Waals surface area contributed by atoms with Crippen molar-refractivity contribution >= 4 is 0 Å². The van der Waals surface area contributed by atoms with E-state index in [0.717, 1.165) is 18.2 Å². The summed E-state index contributed by atoms with van der Waals surface area (Å²) in [5.74, 6) is 1.38. The predicted molar refractivity (Wildman–Crippen MR) is 86.1 cm³/mol. The molecule has 2 N–H and O–H groups in total. The Hall–Kier alpha value is -0.980. The summed E-state index contributed by atoms with van der Waals surface area (Å²) in [6.07, 6.45) is 10.8. The molecule has 1 aliphatic heterocycles. The molecule has 0 aromatic carbocycles. The standard InChI is InChI=1S/C17H28N4O2/c22-15-11-23-16(10-21-9-14(19-20-21)13-6-7-13)17(15)18-8-12-4-2-1-3-5-12/h9,12-13,15-18,22H,1-8,10-11H2/t15-,16+,17+/m0/s1. The minimum absolute atomic E-state index is 0.00509. The Morgan fingerprint density at radius 2 is 2.04 bits per heavy atom. The van der Waals surface area contributed by atoms with Crippen molar-refractivity contribution in [2.45, 2.75) is 75.7 Å². The van der Waals surface area contributed by atoms with Crippen molar-refractivity contribution in [1.29, 1.82) is 0 Å². The molecule has 4 rings (SSSR count). The molecule has 0 unspecified atom stereocenters. The van der Waals surface area contributed by atoms with Crippen LogP contribution in [0.15, 0.2) is 6.20 Å². The Kier molecular flexibility index (Phi) is 4.64. The van der Waals surface area contributed by atoms with Crippen LogP contribution in [0.3, 0.4) is 0 Å². The third-order valence-electron chi connectivity index (χ3n) is 5.58. The number of ether oxygens (including phenoxy) is 1. The smallest absolute Gasteiger partial charge is 0.0952 e. The lowest BCUT2D eigenvalue weighted by molar-refractivity contribution is 0.0738. The van der Waals surface area contributed by atoms with Gasteiger partial charge in [-0.1, -0.05) is 24.5 Å². The first-order chi connectivity index (χ1) is 11.3. The first kappa shape index (κ1) is 15.5. The van der Waals surface area contributed by atoms with Gasteiger partial charge in [-0.25, -0.2) is 4.68 Å². The van der Waals surface area contributed by atoms with Crippen LogP contribution in [-0.2, 0) is 11.3 Å². The zero-order valence-corrected chi connectivity index (χ0v) is 13.7. The molecule has 1 saturated heterocycles. The normalized spacial score (nSPS) is 32.5. The first-order valence-electron chi connectivity index (χ1n) is 9.22. The second-order valence-electron chi connectivity index (χ2n) is 7.52. The molecule has 3 fully saturated rings. The monoisotopic (exact) mass is 320 g/mol. The van der Waals surface area contributed by atoms with Gasteiger partial charge in [0.05, 0.1) is 37.1 Å². The second kappa shape index (κ2) is 6.87. The van der Waals surface area contributed by atoms with Crippen LogP contribution in [0.2, 0.25) is 0 Å². The summed E-state index contributed by atoms with van der Waals surface area (Å²) >= 11 is 0. The van der Waals surface area contributed by atoms with E-state index >= 15 is 0 Å². The predicted octanol–water partition coefficient (Wildman–Crippen LogP) is 1.45. The van der Waals surface area contributed by atoms with E-state index < -0.39 is 6.10 Å².